The molecule has 1 unspecified atom stereocenters. The normalized spacial score (nSPS) is 19.9. The van der Waals surface area contributed by atoms with E-state index in [1.165, 1.54) is 6.92 Å². The molecular weight excluding hydrogens is 252 g/mol. The highest BCUT2D eigenvalue weighted by Crippen LogP contribution is 2.36. The summed E-state index contributed by atoms with van der Waals surface area (Å²) in [6.45, 7) is 1.30. The predicted molar refractivity (Wildman–Crippen MR) is 68.1 cm³/mol. The van der Waals surface area contributed by atoms with Crippen LogP contribution in [-0.2, 0) is 14.3 Å². The van der Waals surface area contributed by atoms with Crippen LogP contribution in [0.1, 0.15) is 31.2 Å². The van der Waals surface area contributed by atoms with Crippen LogP contribution < -0.4 is 0 Å². The standard InChI is InChI=1S/C14H13ClO3/c1-9(16)18-13-8-11(7-12(17)14(13)15)10-5-3-2-4-6-10/h2-6,11H,7-8H2,1H3. The molecule has 1 atom stereocenters. The van der Waals surface area contributed by atoms with Crippen molar-refractivity contribution in [3.8, 4) is 0 Å². The van der Waals surface area contributed by atoms with Gasteiger partial charge in [-0.15, -0.1) is 0 Å². The van der Waals surface area contributed by atoms with Gasteiger partial charge < -0.3 is 4.74 Å². The lowest BCUT2D eigenvalue weighted by atomic mass is 9.86. The fraction of sp³-hybridized carbons (Fsp3) is 0.286. The van der Waals surface area contributed by atoms with Gasteiger partial charge in [0.2, 0.25) is 0 Å². The molecule has 0 spiro atoms. The molecule has 4 heteroatoms. The number of esters is 1. The third-order valence-corrected chi connectivity index (χ3v) is 3.31. The molecule has 0 heterocycles. The Hall–Kier alpha value is -1.61. The summed E-state index contributed by atoms with van der Waals surface area (Å²) >= 11 is 5.88. The van der Waals surface area contributed by atoms with Gasteiger partial charge in [0.25, 0.3) is 0 Å². The van der Waals surface area contributed by atoms with Gasteiger partial charge in [0.05, 0.1) is 0 Å². The van der Waals surface area contributed by atoms with Crippen molar-refractivity contribution >= 4 is 23.4 Å². The molecule has 2 rings (SSSR count). The molecule has 0 fully saturated rings. The highest BCUT2D eigenvalue weighted by atomic mass is 35.5. The van der Waals surface area contributed by atoms with Gasteiger partial charge in [-0.25, -0.2) is 0 Å². The van der Waals surface area contributed by atoms with Crippen molar-refractivity contribution in [3.05, 3.63) is 46.7 Å². The number of hydrogen-bond acceptors (Lipinski definition) is 3. The summed E-state index contributed by atoms with van der Waals surface area (Å²) < 4.78 is 5.01. The Labute approximate surface area is 110 Å². The summed E-state index contributed by atoms with van der Waals surface area (Å²) in [5.74, 6) is -0.317. The Morgan fingerprint density at radius 2 is 1.94 bits per heavy atom. The maximum Gasteiger partial charge on any atom is 0.307 e. The minimum absolute atomic E-state index is 0.0237. The van der Waals surface area contributed by atoms with E-state index < -0.39 is 5.97 Å². The zero-order valence-corrected chi connectivity index (χ0v) is 10.7. The van der Waals surface area contributed by atoms with Crippen LogP contribution in [0, 0.1) is 0 Å². The van der Waals surface area contributed by atoms with Crippen LogP contribution in [0.2, 0.25) is 0 Å². The fourth-order valence-electron chi connectivity index (χ4n) is 2.08. The van der Waals surface area contributed by atoms with E-state index in [9.17, 15) is 9.59 Å². The van der Waals surface area contributed by atoms with E-state index in [1.54, 1.807) is 0 Å². The number of Topliss-reactive ketones (excluding diaryl/α,β-unsaturated/α-hetero) is 1. The summed E-state index contributed by atoms with van der Waals surface area (Å²) in [6, 6.07) is 9.69. The average Bonchev–Trinajstić information content (AvgIpc) is 2.35. The molecule has 0 saturated carbocycles. The van der Waals surface area contributed by atoms with E-state index in [2.05, 4.69) is 0 Å². The van der Waals surface area contributed by atoms with Crippen LogP contribution in [-0.4, -0.2) is 11.8 Å². The molecule has 0 aromatic heterocycles. The maximum absolute atomic E-state index is 11.8. The monoisotopic (exact) mass is 264 g/mol. The molecule has 18 heavy (non-hydrogen) atoms. The summed E-state index contributed by atoms with van der Waals surface area (Å²) in [5, 5.41) is 0.0531. The summed E-state index contributed by atoms with van der Waals surface area (Å²) in [5.41, 5.74) is 1.06. The molecule has 1 aliphatic carbocycles. The van der Waals surface area contributed by atoms with E-state index in [0.717, 1.165) is 5.56 Å². The van der Waals surface area contributed by atoms with Gasteiger partial charge in [0.15, 0.2) is 5.78 Å². The van der Waals surface area contributed by atoms with Crippen molar-refractivity contribution in [2.75, 3.05) is 0 Å². The van der Waals surface area contributed by atoms with E-state index >= 15 is 0 Å². The second kappa shape index (κ2) is 5.36. The first-order valence-electron chi connectivity index (χ1n) is 5.73. The lowest BCUT2D eigenvalue weighted by Gasteiger charge is -2.23. The van der Waals surface area contributed by atoms with Crippen LogP contribution >= 0.6 is 11.6 Å². The molecule has 0 aliphatic heterocycles. The van der Waals surface area contributed by atoms with Crippen LogP contribution in [0.25, 0.3) is 0 Å². The minimum Gasteiger partial charge on any atom is -0.430 e. The second-order valence-corrected chi connectivity index (χ2v) is 4.65. The SMILES string of the molecule is CC(=O)OC1=C(Cl)C(=O)CC(c2ccccc2)C1. The van der Waals surface area contributed by atoms with E-state index in [-0.39, 0.29) is 22.5 Å². The number of ketones is 1. The Morgan fingerprint density at radius 3 is 2.56 bits per heavy atom. The van der Waals surface area contributed by atoms with Crippen molar-refractivity contribution in [2.45, 2.75) is 25.7 Å². The molecule has 0 amide bonds. The smallest absolute Gasteiger partial charge is 0.307 e. The number of halogens is 1. The highest BCUT2D eigenvalue weighted by molar-refractivity contribution is 6.43. The summed E-state index contributed by atoms with van der Waals surface area (Å²) in [4.78, 5) is 22.8. The molecule has 0 radical (unpaired) electrons. The van der Waals surface area contributed by atoms with Gasteiger partial charge in [-0.3, -0.25) is 9.59 Å². The predicted octanol–water partition coefficient (Wildman–Crippen LogP) is 3.15. The minimum atomic E-state index is -0.454. The number of rotatable bonds is 2. The van der Waals surface area contributed by atoms with Crippen LogP contribution in [0.15, 0.2) is 41.1 Å². The van der Waals surface area contributed by atoms with Crippen molar-refractivity contribution in [3.63, 3.8) is 0 Å². The molecule has 94 valence electrons. The number of ether oxygens (including phenoxy) is 1. The Balaban J connectivity index is 2.25. The molecule has 0 N–H and O–H groups in total. The first-order valence-corrected chi connectivity index (χ1v) is 6.11. The maximum atomic E-state index is 11.8. The van der Waals surface area contributed by atoms with Crippen LogP contribution in [0.3, 0.4) is 0 Å². The second-order valence-electron chi connectivity index (χ2n) is 4.27. The number of allylic oxidation sites excluding steroid dienone is 2. The molecule has 1 aromatic rings. The molecule has 1 aromatic carbocycles. The Kier molecular flexibility index (Phi) is 3.82. The lowest BCUT2D eigenvalue weighted by Crippen LogP contribution is -2.18. The number of hydrogen-bond donors (Lipinski definition) is 0. The van der Waals surface area contributed by atoms with Crippen molar-refractivity contribution < 1.29 is 14.3 Å². The average molecular weight is 265 g/mol. The van der Waals surface area contributed by atoms with Gasteiger partial charge in [0, 0.05) is 19.8 Å². The largest absolute Gasteiger partial charge is 0.430 e. The first-order chi connectivity index (χ1) is 8.58. The highest BCUT2D eigenvalue weighted by Gasteiger charge is 2.29. The molecule has 1 aliphatic rings. The third kappa shape index (κ3) is 2.79. The number of carbonyl (C=O) groups is 2. The molecule has 3 nitrogen and oxygen atoms in total. The van der Waals surface area contributed by atoms with Gasteiger partial charge >= 0.3 is 5.97 Å². The zero-order valence-electron chi connectivity index (χ0n) is 9.98. The Bertz CT molecular complexity index is 505. The van der Waals surface area contributed by atoms with Crippen molar-refractivity contribution in [1.82, 2.24) is 0 Å². The molecular formula is C14H13ClO3. The number of carbonyl (C=O) groups excluding carboxylic acids is 2. The van der Waals surface area contributed by atoms with Gasteiger partial charge in [-0.2, -0.15) is 0 Å². The van der Waals surface area contributed by atoms with Crippen LogP contribution in [0.5, 0.6) is 0 Å². The fourth-order valence-corrected chi connectivity index (χ4v) is 2.27. The third-order valence-electron chi connectivity index (χ3n) is 2.89. The quantitative estimate of drug-likeness (QED) is 0.771. The van der Waals surface area contributed by atoms with Crippen LogP contribution in [0.4, 0.5) is 0 Å². The topological polar surface area (TPSA) is 43.4 Å². The number of benzene rings is 1. The molecule has 0 saturated heterocycles. The Morgan fingerprint density at radius 1 is 1.28 bits per heavy atom. The van der Waals surface area contributed by atoms with Gasteiger partial charge in [-0.05, 0) is 11.5 Å². The van der Waals surface area contributed by atoms with E-state index in [1.807, 2.05) is 30.3 Å². The molecule has 0 bridgehead atoms. The lowest BCUT2D eigenvalue weighted by molar-refractivity contribution is -0.137. The summed E-state index contributed by atoms with van der Waals surface area (Å²) in [6.07, 6.45) is 0.835. The van der Waals surface area contributed by atoms with E-state index in [0.29, 0.717) is 12.8 Å². The first kappa shape index (κ1) is 12.8. The van der Waals surface area contributed by atoms with Crippen molar-refractivity contribution in [1.29, 1.82) is 0 Å². The van der Waals surface area contributed by atoms with E-state index in [4.69, 9.17) is 16.3 Å². The zero-order chi connectivity index (χ0) is 13.1. The van der Waals surface area contributed by atoms with Gasteiger partial charge in [0.1, 0.15) is 10.8 Å². The summed E-state index contributed by atoms with van der Waals surface area (Å²) in [7, 11) is 0. The van der Waals surface area contributed by atoms with Crippen molar-refractivity contribution in [2.24, 2.45) is 0 Å². The van der Waals surface area contributed by atoms with Gasteiger partial charge in [-0.1, -0.05) is 41.9 Å².